The van der Waals surface area contributed by atoms with Crippen LogP contribution in [0.15, 0.2) is 21.5 Å². The maximum Gasteiger partial charge on any atom is 0.243 e. The molecule has 0 aliphatic heterocycles. The van der Waals surface area contributed by atoms with Gasteiger partial charge in [-0.15, -0.1) is 0 Å². The number of nitrogens with zero attached hydrogens (tertiary/aromatic N) is 1. The van der Waals surface area contributed by atoms with Crippen molar-refractivity contribution in [1.29, 1.82) is 0 Å². The van der Waals surface area contributed by atoms with Crippen LogP contribution in [0.5, 0.6) is 0 Å². The van der Waals surface area contributed by atoms with Gasteiger partial charge in [0.05, 0.1) is 4.90 Å². The van der Waals surface area contributed by atoms with Crippen LogP contribution in [-0.2, 0) is 16.6 Å². The van der Waals surface area contributed by atoms with E-state index in [0.717, 1.165) is 35.0 Å². The first kappa shape index (κ1) is 18.6. The molecule has 0 atom stereocenters. The van der Waals surface area contributed by atoms with Crippen molar-refractivity contribution in [3.8, 4) is 0 Å². The Kier molecular flexibility index (Phi) is 7.33. The number of rotatable bonds is 8. The lowest BCUT2D eigenvalue weighted by molar-refractivity contribution is 0.458. The zero-order chi connectivity index (χ0) is 16.0. The van der Waals surface area contributed by atoms with E-state index in [-0.39, 0.29) is 0 Å². The molecule has 0 radical (unpaired) electrons. The van der Waals surface area contributed by atoms with Gasteiger partial charge in [0, 0.05) is 24.6 Å². The third-order valence-electron chi connectivity index (χ3n) is 3.45. The average Bonchev–Trinajstić information content (AvgIpc) is 2.45. The van der Waals surface area contributed by atoms with E-state index in [1.807, 2.05) is 19.9 Å². The van der Waals surface area contributed by atoms with Crippen LogP contribution in [0.25, 0.3) is 0 Å². The molecule has 1 N–H and O–H groups in total. The smallest absolute Gasteiger partial charge is 0.243 e. The molecule has 1 aromatic carbocycles. The van der Waals surface area contributed by atoms with Gasteiger partial charge in [-0.25, -0.2) is 12.7 Å². The second-order valence-electron chi connectivity index (χ2n) is 5.16. The molecule has 0 saturated carbocycles. The molecular weight excluding hydrogens is 352 g/mol. The standard InChI is InChI=1S/C15H25BrN2O2S/c1-5-7-8-18(4)21(19,20)15-10-13(11-17-6-2)9-14(16)12(15)3/h9-10,17H,5-8,11H2,1-4H3. The number of unbranched alkanes of at least 4 members (excludes halogenated alkanes) is 1. The maximum absolute atomic E-state index is 12.7. The van der Waals surface area contributed by atoms with E-state index in [0.29, 0.717) is 18.0 Å². The van der Waals surface area contributed by atoms with Crippen molar-refractivity contribution in [2.24, 2.45) is 0 Å². The van der Waals surface area contributed by atoms with Crippen LogP contribution in [0.3, 0.4) is 0 Å². The van der Waals surface area contributed by atoms with Crippen molar-refractivity contribution in [2.75, 3.05) is 20.1 Å². The van der Waals surface area contributed by atoms with Gasteiger partial charge in [0.1, 0.15) is 0 Å². The fourth-order valence-corrected chi connectivity index (χ4v) is 4.16. The maximum atomic E-state index is 12.7. The highest BCUT2D eigenvalue weighted by molar-refractivity contribution is 9.10. The third kappa shape index (κ3) is 4.77. The normalized spacial score (nSPS) is 12.1. The molecule has 0 amide bonds. The summed E-state index contributed by atoms with van der Waals surface area (Å²) in [6, 6.07) is 3.75. The molecule has 1 aromatic rings. The Hall–Kier alpha value is -0.430. The Bertz CT molecular complexity index is 573. The predicted molar refractivity (Wildman–Crippen MR) is 91.0 cm³/mol. The zero-order valence-electron chi connectivity index (χ0n) is 13.2. The predicted octanol–water partition coefficient (Wildman–Crippen LogP) is 3.29. The lowest BCUT2D eigenvalue weighted by Gasteiger charge is -2.19. The minimum Gasteiger partial charge on any atom is -0.313 e. The van der Waals surface area contributed by atoms with Crippen LogP contribution in [-0.4, -0.2) is 32.9 Å². The summed E-state index contributed by atoms with van der Waals surface area (Å²) in [5.74, 6) is 0. The van der Waals surface area contributed by atoms with Crippen LogP contribution in [0, 0.1) is 6.92 Å². The topological polar surface area (TPSA) is 49.4 Å². The van der Waals surface area contributed by atoms with Crippen molar-refractivity contribution in [1.82, 2.24) is 9.62 Å². The summed E-state index contributed by atoms with van der Waals surface area (Å²) >= 11 is 3.47. The summed E-state index contributed by atoms with van der Waals surface area (Å²) < 4.78 is 27.7. The number of sulfonamides is 1. The Labute approximate surface area is 137 Å². The summed E-state index contributed by atoms with van der Waals surface area (Å²) in [5, 5.41) is 3.22. The van der Waals surface area contributed by atoms with Gasteiger partial charge in [0.25, 0.3) is 0 Å². The van der Waals surface area contributed by atoms with Gasteiger partial charge in [0.2, 0.25) is 10.0 Å². The van der Waals surface area contributed by atoms with Crippen molar-refractivity contribution in [3.05, 3.63) is 27.7 Å². The molecule has 0 aromatic heterocycles. The number of hydrogen-bond donors (Lipinski definition) is 1. The Morgan fingerprint density at radius 3 is 2.52 bits per heavy atom. The van der Waals surface area contributed by atoms with Crippen LogP contribution < -0.4 is 5.32 Å². The van der Waals surface area contributed by atoms with Crippen molar-refractivity contribution in [2.45, 2.75) is 45.1 Å². The molecule has 0 spiro atoms. The second-order valence-corrected chi connectivity index (χ2v) is 8.03. The molecule has 0 bridgehead atoms. The van der Waals surface area contributed by atoms with Gasteiger partial charge < -0.3 is 5.32 Å². The first-order chi connectivity index (χ1) is 9.84. The first-order valence-electron chi connectivity index (χ1n) is 7.30. The molecule has 0 fully saturated rings. The minimum absolute atomic E-state index is 0.392. The van der Waals surface area contributed by atoms with E-state index in [9.17, 15) is 8.42 Å². The molecule has 0 aliphatic rings. The molecular formula is C15H25BrN2O2S. The van der Waals surface area contributed by atoms with E-state index in [4.69, 9.17) is 0 Å². The van der Waals surface area contributed by atoms with Gasteiger partial charge in [-0.05, 0) is 43.1 Å². The number of hydrogen-bond acceptors (Lipinski definition) is 3. The molecule has 0 saturated heterocycles. The lowest BCUT2D eigenvalue weighted by Crippen LogP contribution is -2.28. The van der Waals surface area contributed by atoms with Crippen molar-refractivity contribution >= 4 is 26.0 Å². The van der Waals surface area contributed by atoms with Crippen LogP contribution in [0.2, 0.25) is 0 Å². The summed E-state index contributed by atoms with van der Waals surface area (Å²) in [6.45, 7) is 7.98. The Balaban J connectivity index is 3.18. The van der Waals surface area contributed by atoms with Crippen molar-refractivity contribution in [3.63, 3.8) is 0 Å². The van der Waals surface area contributed by atoms with E-state index in [2.05, 4.69) is 28.2 Å². The summed E-state index contributed by atoms with van der Waals surface area (Å²) in [5.41, 5.74) is 1.73. The third-order valence-corrected chi connectivity index (χ3v) is 6.26. The molecule has 120 valence electrons. The Morgan fingerprint density at radius 1 is 1.29 bits per heavy atom. The monoisotopic (exact) mass is 376 g/mol. The Morgan fingerprint density at radius 2 is 1.95 bits per heavy atom. The molecule has 0 aliphatic carbocycles. The highest BCUT2D eigenvalue weighted by Gasteiger charge is 2.24. The molecule has 21 heavy (non-hydrogen) atoms. The van der Waals surface area contributed by atoms with E-state index < -0.39 is 10.0 Å². The van der Waals surface area contributed by atoms with Gasteiger partial charge in [-0.2, -0.15) is 0 Å². The first-order valence-corrected chi connectivity index (χ1v) is 9.54. The average molecular weight is 377 g/mol. The van der Waals surface area contributed by atoms with Gasteiger partial charge in [0.15, 0.2) is 0 Å². The molecule has 1 rings (SSSR count). The number of nitrogens with one attached hydrogen (secondary N) is 1. The molecule has 6 heteroatoms. The van der Waals surface area contributed by atoms with Gasteiger partial charge in [-0.3, -0.25) is 0 Å². The van der Waals surface area contributed by atoms with Gasteiger partial charge in [-0.1, -0.05) is 36.2 Å². The van der Waals surface area contributed by atoms with Crippen molar-refractivity contribution < 1.29 is 8.42 Å². The van der Waals surface area contributed by atoms with E-state index in [1.54, 1.807) is 13.1 Å². The minimum atomic E-state index is -3.44. The fraction of sp³-hybridized carbons (Fsp3) is 0.600. The fourth-order valence-electron chi connectivity index (χ4n) is 2.02. The summed E-state index contributed by atoms with van der Waals surface area (Å²) in [4.78, 5) is 0.392. The van der Waals surface area contributed by atoms with Gasteiger partial charge >= 0.3 is 0 Å². The van der Waals surface area contributed by atoms with Crippen LogP contribution in [0.4, 0.5) is 0 Å². The quantitative estimate of drug-likeness (QED) is 0.756. The summed E-state index contributed by atoms with van der Waals surface area (Å²) in [7, 11) is -1.79. The van der Waals surface area contributed by atoms with Crippen LogP contribution >= 0.6 is 15.9 Å². The van der Waals surface area contributed by atoms with E-state index >= 15 is 0 Å². The van der Waals surface area contributed by atoms with E-state index in [1.165, 1.54) is 4.31 Å². The highest BCUT2D eigenvalue weighted by Crippen LogP contribution is 2.27. The molecule has 0 heterocycles. The lowest BCUT2D eigenvalue weighted by atomic mass is 10.1. The molecule has 0 unspecified atom stereocenters. The summed E-state index contributed by atoms with van der Waals surface area (Å²) in [6.07, 6.45) is 1.84. The number of halogens is 1. The largest absolute Gasteiger partial charge is 0.313 e. The van der Waals surface area contributed by atoms with Crippen LogP contribution in [0.1, 0.15) is 37.8 Å². The SMILES string of the molecule is CCCCN(C)S(=O)(=O)c1cc(CNCC)cc(Br)c1C. The number of benzene rings is 1. The zero-order valence-corrected chi connectivity index (χ0v) is 15.6. The molecule has 4 nitrogen and oxygen atoms in total. The second kappa shape index (κ2) is 8.27. The highest BCUT2D eigenvalue weighted by atomic mass is 79.9.